The molecule has 3 unspecified atom stereocenters. The first-order chi connectivity index (χ1) is 55.8. The van der Waals surface area contributed by atoms with Crippen molar-refractivity contribution in [2.24, 2.45) is 11.5 Å². The summed E-state index contributed by atoms with van der Waals surface area (Å²) in [6.07, 6.45) is -113. The minimum absolute atomic E-state index is 0.557. The van der Waals surface area contributed by atoms with E-state index >= 15 is 0 Å². The molecule has 0 aromatic carbocycles. The molecule has 8 aliphatic heterocycles. The van der Waals surface area contributed by atoms with Gasteiger partial charge in [-0.25, -0.2) is 18.5 Å². The fourth-order valence-corrected chi connectivity index (χ4v) is 16.9. The van der Waals surface area contributed by atoms with E-state index < -0.39 is 385 Å². The lowest BCUT2D eigenvalue weighted by atomic mass is 9.91. The quantitative estimate of drug-likeness (QED) is 0.0253. The highest BCUT2D eigenvalue weighted by Crippen LogP contribution is 2.62. The van der Waals surface area contributed by atoms with Crippen molar-refractivity contribution in [3.8, 4) is 0 Å². The molecule has 36 N–H and O–H groups in total. The number of aliphatic hydroxyl groups excluding tert-OH is 27. The third-order valence-corrected chi connectivity index (χ3v) is 23.7. The Morgan fingerprint density at radius 2 is 0.765 bits per heavy atom. The van der Waals surface area contributed by atoms with Crippen molar-refractivity contribution in [3.63, 3.8) is 0 Å². The molecule has 0 aliphatic carbocycles. The molecule has 47 atom stereocenters. The molecule has 0 radical (unpaired) electrons. The largest absolute Gasteiger partial charge is 0.481 e. The van der Waals surface area contributed by atoms with Crippen LogP contribution in [-0.4, -0.2) is 517 Å². The number of phosphoric acid groups is 3. The monoisotopic (exact) mass is 1820 g/mol. The van der Waals surface area contributed by atoms with E-state index in [2.05, 4.69) is 8.83 Å². The molecular formula is C58H105N2O56P3. The van der Waals surface area contributed by atoms with E-state index in [1.54, 1.807) is 0 Å². The van der Waals surface area contributed by atoms with Gasteiger partial charge in [0.2, 0.25) is 0 Å². The van der Waals surface area contributed by atoms with Crippen molar-refractivity contribution < 1.29 is 275 Å². The molecular weight excluding hydrogens is 1710 g/mol. The molecule has 61 heteroatoms. The number of aliphatic hydroxyl groups is 28. The van der Waals surface area contributed by atoms with Crippen LogP contribution in [0.3, 0.4) is 0 Å². The average Bonchev–Trinajstić information content (AvgIpc) is 0.747. The highest BCUT2D eigenvalue weighted by atomic mass is 31.3. The lowest BCUT2D eigenvalue weighted by Crippen LogP contribution is -2.71. The predicted molar refractivity (Wildman–Crippen MR) is 358 cm³/mol. The maximum atomic E-state index is 13.8. The number of hydrogen-bond acceptors (Lipinski definition) is 54. The number of rotatable bonds is 40. The molecule has 58 nitrogen and oxygen atoms in total. The first kappa shape index (κ1) is 102. The Balaban J connectivity index is 1.37. The van der Waals surface area contributed by atoms with Crippen molar-refractivity contribution in [3.05, 3.63) is 0 Å². The Bertz CT molecular complexity index is 3250. The van der Waals surface area contributed by atoms with Crippen LogP contribution >= 0.6 is 23.5 Å². The summed E-state index contributed by atoms with van der Waals surface area (Å²) in [6, 6.07) is 0. The van der Waals surface area contributed by atoms with Gasteiger partial charge in [0.05, 0.1) is 66.1 Å². The van der Waals surface area contributed by atoms with Gasteiger partial charge in [-0.3, -0.25) is 18.1 Å². The first-order valence-corrected chi connectivity index (χ1v) is 40.7. The summed E-state index contributed by atoms with van der Waals surface area (Å²) in [5.74, 6) is -6.28. The summed E-state index contributed by atoms with van der Waals surface area (Å²) in [5.41, 5.74) is 10.8. The van der Waals surface area contributed by atoms with E-state index in [1.165, 1.54) is 0 Å². The maximum Gasteiger partial charge on any atom is 0.481 e. The Morgan fingerprint density at radius 1 is 0.387 bits per heavy atom. The van der Waals surface area contributed by atoms with Crippen molar-refractivity contribution in [1.82, 2.24) is 0 Å². The molecule has 8 aliphatic rings. The molecule has 8 rings (SSSR count). The second-order valence-electron chi connectivity index (χ2n) is 28.2. The normalized spacial score (nSPS) is 46.1. The Kier molecular flexibility index (Phi) is 37.8. The van der Waals surface area contributed by atoms with Crippen LogP contribution in [0.15, 0.2) is 0 Å². The van der Waals surface area contributed by atoms with Crippen molar-refractivity contribution in [2.75, 3.05) is 79.2 Å². The van der Waals surface area contributed by atoms with Crippen molar-refractivity contribution >= 4 is 29.4 Å². The zero-order chi connectivity index (χ0) is 88.7. The SMILES string of the molecule is NCCOP(=O)(O)O[C@@H](CO)[C@H]1O[C@H](O[C@@H]2[C@H](O)[C@@H](O[C@H]3[C@@H]([C@H](O)CO)O[C@@](O)(C(=O)O)C[C@H]3OP(=O)(O)OP(=O)(O)OCCN)O[C@H]([C@@H](O)CO)[C@H]2O[C@@H]2O[C@H](CO[C@H]3O[C@H]([C@H](O)CO)[C@@H](O)[C@H](O)[C@@H]3O)[C@@H](O)[C@H](O)[C@H]2O)[C@@H](O[C@H]2O[C@H]([C@@H](O)CO)[C@@H](O)[C@H](O)[C@@H]2O[C@@H]2O[C@H](CO)[C@H](O)[C@H](O)[C@H]2O)[C@@H](O[C@H]2O[C@H](CO)[C@@H](O)[C@H](O)[C@H]2O)[C@@H]1O. The molecule has 8 fully saturated rings. The highest BCUT2D eigenvalue weighted by Gasteiger charge is 2.64. The molecule has 8 heterocycles. The highest BCUT2D eigenvalue weighted by molar-refractivity contribution is 7.61. The van der Waals surface area contributed by atoms with E-state index in [4.69, 9.17) is 96.1 Å². The maximum absolute atomic E-state index is 13.8. The van der Waals surface area contributed by atoms with E-state index in [9.17, 15) is 181 Å². The molecule has 0 aromatic rings. The molecule has 8 saturated heterocycles. The van der Waals surface area contributed by atoms with Gasteiger partial charge in [0.25, 0.3) is 5.79 Å². The smallest absolute Gasteiger partial charge is 0.477 e. The van der Waals surface area contributed by atoms with E-state index in [0.717, 1.165) is 0 Å². The number of hydrogen-bond donors (Lipinski definition) is 34. The van der Waals surface area contributed by atoms with Crippen LogP contribution in [0.5, 0.6) is 0 Å². The zero-order valence-electron chi connectivity index (χ0n) is 61.6. The number of aliphatic carboxylic acids is 1. The second-order valence-corrected chi connectivity index (χ2v) is 32.6. The molecule has 0 saturated carbocycles. The Hall–Kier alpha value is -1.96. The predicted octanol–water partition coefficient (Wildman–Crippen LogP) is -20.8. The van der Waals surface area contributed by atoms with E-state index in [0.29, 0.717) is 0 Å². The molecule has 119 heavy (non-hydrogen) atoms. The van der Waals surface area contributed by atoms with Crippen molar-refractivity contribution in [1.29, 1.82) is 0 Å². The fraction of sp³-hybridized carbons (Fsp3) is 0.983. The minimum atomic E-state index is -6.43. The van der Waals surface area contributed by atoms with Crippen molar-refractivity contribution in [2.45, 2.75) is 276 Å². The van der Waals surface area contributed by atoms with Gasteiger partial charge in [-0.15, -0.1) is 0 Å². The minimum Gasteiger partial charge on any atom is -0.477 e. The van der Waals surface area contributed by atoms with Gasteiger partial charge >= 0.3 is 29.4 Å². The number of carbonyl (C=O) groups is 1. The summed E-state index contributed by atoms with van der Waals surface area (Å²) in [6.45, 7) is -14.2. The van der Waals surface area contributed by atoms with Gasteiger partial charge in [-0.2, -0.15) is 4.31 Å². The van der Waals surface area contributed by atoms with Crippen LogP contribution < -0.4 is 11.5 Å². The molecule has 698 valence electrons. The van der Waals surface area contributed by atoms with E-state index in [1.807, 2.05) is 0 Å². The third kappa shape index (κ3) is 23.9. The van der Waals surface area contributed by atoms with Crippen LogP contribution in [0.2, 0.25) is 0 Å². The first-order valence-electron chi connectivity index (χ1n) is 36.2. The summed E-state index contributed by atoms with van der Waals surface area (Å²) in [7, 11) is -18.0. The Labute approximate surface area is 669 Å². The standard InChI is InChI=1S/C58H105N2O56P3/c59-1-3-98-117(91,92)115-21(12-67)43-37(86)45(108-51-34(83)26(75)23(72)19(10-65)100-51)49(112-55-47(32(81)31(80)40(104-55)15(69)7-62)110-52-35(84)27(76)24(73)20(11-66)101-52)56(106-43)109-46-38(87)54(107-44-18(114-119(95,96)116-118(93,94)99-4-2-60)5-58(90,57(88)89)113-42(44)17(71)9-64)105-41(16(70)8-63)48(46)111-53-36(85)28(77)25(74)22(102-53)13-97-50-33(82)29(78)30(79)39(103-50)14(68)6-61/h14-56,61-87,90H,1-13,59-60H2,(H,88,89)(H,91,92)(H,93,94)(H,95,96)/t14-,15+,16+,17-,18-,19-,20-,21+,22-,23-,24+,25-,26+,27+,28+,29+,30+,31+,32+,33+,34-,35-,36-,37-,38+,39-,40-,41-,42-,43-,44-,45+,46-,47+,48-,49+,50+,51-,52+,53+,54-,55-,56-,58-/m1/s1. The molecule has 0 bridgehead atoms. The van der Waals surface area contributed by atoms with Crippen LogP contribution in [-0.2, 0) is 112 Å². The molecule has 0 aromatic heterocycles. The lowest BCUT2D eigenvalue weighted by molar-refractivity contribution is -0.428. The number of nitrogens with two attached hydrogens (primary N) is 2. The summed E-state index contributed by atoms with van der Waals surface area (Å²) >= 11 is 0. The van der Waals surface area contributed by atoms with Gasteiger partial charge in [0.15, 0.2) is 44.0 Å². The Morgan fingerprint density at radius 3 is 1.26 bits per heavy atom. The number of phosphoric ester groups is 3. The topological polar surface area (TPSA) is 952 Å². The summed E-state index contributed by atoms with van der Waals surface area (Å²) in [5, 5.41) is 323. The van der Waals surface area contributed by atoms with Gasteiger partial charge in [0, 0.05) is 19.5 Å². The zero-order valence-corrected chi connectivity index (χ0v) is 64.3. The van der Waals surface area contributed by atoms with Gasteiger partial charge < -0.3 is 245 Å². The lowest BCUT2D eigenvalue weighted by Gasteiger charge is -2.53. The number of ether oxygens (including phenoxy) is 15. The second kappa shape index (κ2) is 43.9. The van der Waals surface area contributed by atoms with Crippen LogP contribution in [0.4, 0.5) is 0 Å². The fourth-order valence-electron chi connectivity index (χ4n) is 13.7. The van der Waals surface area contributed by atoms with E-state index in [-0.39, 0.29) is 0 Å². The number of carboxylic acid groups (broad SMARTS) is 1. The summed E-state index contributed by atoms with van der Waals surface area (Å²) in [4.78, 5) is 45.3. The molecule has 0 amide bonds. The van der Waals surface area contributed by atoms with Crippen LogP contribution in [0.25, 0.3) is 0 Å². The van der Waals surface area contributed by atoms with Crippen LogP contribution in [0, 0.1) is 0 Å². The third-order valence-electron chi connectivity index (χ3n) is 20.0. The van der Waals surface area contributed by atoms with Gasteiger partial charge in [-0.1, -0.05) is 0 Å². The van der Waals surface area contributed by atoms with Crippen LogP contribution in [0.1, 0.15) is 6.42 Å². The van der Waals surface area contributed by atoms with Gasteiger partial charge in [-0.05, 0) is 0 Å². The summed E-state index contributed by atoms with van der Waals surface area (Å²) < 4.78 is 153. The average molecular weight is 1820 g/mol. The van der Waals surface area contributed by atoms with Gasteiger partial charge in [0.1, 0.15) is 220 Å². The molecule has 0 spiro atoms. The number of carboxylic acids is 1.